The third-order valence-corrected chi connectivity index (χ3v) is 5.34. The average molecular weight is 547 g/mol. The first-order valence-electron chi connectivity index (χ1n) is 12.5. The Hall–Kier alpha value is -3.49. The van der Waals surface area contributed by atoms with E-state index in [-0.39, 0.29) is 30.6 Å². The molecule has 212 valence electrons. The Bertz CT molecular complexity index is 1180. The van der Waals surface area contributed by atoms with Gasteiger partial charge in [0.25, 0.3) is 0 Å². The van der Waals surface area contributed by atoms with Gasteiger partial charge in [-0.25, -0.2) is 9.97 Å². The minimum absolute atomic E-state index is 0.210. The fourth-order valence-corrected chi connectivity index (χ4v) is 3.50. The van der Waals surface area contributed by atoms with Gasteiger partial charge < -0.3 is 33.5 Å². The third kappa shape index (κ3) is 9.96. The summed E-state index contributed by atoms with van der Waals surface area (Å²) in [5.41, 5.74) is 2.24. The summed E-state index contributed by atoms with van der Waals surface area (Å²) in [6.45, 7) is 5.71. The summed E-state index contributed by atoms with van der Waals surface area (Å²) < 4.78 is 33.3. The summed E-state index contributed by atoms with van der Waals surface area (Å²) >= 11 is 0. The van der Waals surface area contributed by atoms with Crippen molar-refractivity contribution in [3.05, 3.63) is 36.3 Å². The van der Waals surface area contributed by atoms with Gasteiger partial charge in [-0.15, -0.1) is 0 Å². The summed E-state index contributed by atoms with van der Waals surface area (Å²) in [4.78, 5) is 31.6. The maximum Gasteiger partial charge on any atom is 0.325 e. The molecule has 1 aromatic carbocycles. The van der Waals surface area contributed by atoms with Crippen LogP contribution < -0.4 is 4.74 Å². The van der Waals surface area contributed by atoms with Crippen molar-refractivity contribution < 1.29 is 43.1 Å². The number of ketones is 1. The van der Waals surface area contributed by atoms with Crippen molar-refractivity contribution in [1.82, 2.24) is 19.7 Å². The number of ether oxygens (including phenoxy) is 6. The van der Waals surface area contributed by atoms with Crippen LogP contribution in [0.3, 0.4) is 0 Å². The molecule has 0 aliphatic heterocycles. The normalized spacial score (nSPS) is 11.2. The fourth-order valence-electron chi connectivity index (χ4n) is 3.50. The Morgan fingerprint density at radius 2 is 1.38 bits per heavy atom. The Morgan fingerprint density at radius 3 is 1.92 bits per heavy atom. The molecule has 0 spiro atoms. The SMILES string of the molecule is COCCOCCOCCOCCOCCOc1ncc(-c2ccc3c(c2)c(C(C)=O)nn3CC(=O)O)cn1. The van der Waals surface area contributed by atoms with E-state index in [0.29, 0.717) is 75.9 Å². The van der Waals surface area contributed by atoms with Gasteiger partial charge in [0, 0.05) is 37.4 Å². The van der Waals surface area contributed by atoms with E-state index in [2.05, 4.69) is 15.1 Å². The van der Waals surface area contributed by atoms with Crippen LogP contribution in [0.15, 0.2) is 30.6 Å². The molecule has 3 rings (SSSR count). The number of hydrogen-bond acceptors (Lipinski definition) is 11. The third-order valence-electron chi connectivity index (χ3n) is 5.34. The molecule has 0 aliphatic carbocycles. The van der Waals surface area contributed by atoms with Gasteiger partial charge >= 0.3 is 12.0 Å². The Labute approximate surface area is 225 Å². The molecule has 0 unspecified atom stereocenters. The van der Waals surface area contributed by atoms with E-state index in [1.54, 1.807) is 37.7 Å². The van der Waals surface area contributed by atoms with E-state index >= 15 is 0 Å². The van der Waals surface area contributed by atoms with Crippen LogP contribution in [-0.2, 0) is 35.0 Å². The molecule has 3 aromatic rings. The topological polar surface area (TPSA) is 153 Å². The molecule has 39 heavy (non-hydrogen) atoms. The van der Waals surface area contributed by atoms with Gasteiger partial charge in [-0.1, -0.05) is 6.07 Å². The molecule has 0 fully saturated rings. The first-order chi connectivity index (χ1) is 19.0. The van der Waals surface area contributed by atoms with E-state index in [0.717, 1.165) is 5.56 Å². The van der Waals surface area contributed by atoms with Crippen molar-refractivity contribution in [1.29, 1.82) is 0 Å². The van der Waals surface area contributed by atoms with Crippen LogP contribution in [0.2, 0.25) is 0 Å². The number of carboxylic acid groups (broad SMARTS) is 1. The molecule has 0 amide bonds. The second kappa shape index (κ2) is 16.5. The molecule has 13 nitrogen and oxygen atoms in total. The number of fused-ring (bicyclic) bond motifs is 1. The number of methoxy groups -OCH3 is 1. The zero-order valence-electron chi connectivity index (χ0n) is 22.2. The molecule has 2 aromatic heterocycles. The van der Waals surface area contributed by atoms with Crippen LogP contribution in [0.5, 0.6) is 6.01 Å². The Kier molecular flexibility index (Phi) is 12.7. The minimum Gasteiger partial charge on any atom is -0.480 e. The van der Waals surface area contributed by atoms with E-state index in [1.807, 2.05) is 0 Å². The summed E-state index contributed by atoms with van der Waals surface area (Å²) in [6, 6.07) is 5.51. The van der Waals surface area contributed by atoms with E-state index < -0.39 is 5.97 Å². The molecule has 0 radical (unpaired) electrons. The maximum atomic E-state index is 12.0. The summed E-state index contributed by atoms with van der Waals surface area (Å²) in [7, 11) is 1.63. The molecule has 2 heterocycles. The number of Topliss-reactive ketones (excluding diaryl/α,β-unsaturated/α-hetero) is 1. The molecule has 0 saturated carbocycles. The van der Waals surface area contributed by atoms with Crippen molar-refractivity contribution in [2.75, 3.05) is 73.2 Å². The van der Waals surface area contributed by atoms with Crippen LogP contribution >= 0.6 is 0 Å². The summed E-state index contributed by atoms with van der Waals surface area (Å²) in [6.07, 6.45) is 3.22. The number of aromatic nitrogens is 4. The van der Waals surface area contributed by atoms with Gasteiger partial charge in [0.1, 0.15) is 18.8 Å². The van der Waals surface area contributed by atoms with E-state index in [1.165, 1.54) is 11.6 Å². The second-order valence-corrected chi connectivity index (χ2v) is 8.23. The number of nitrogens with zero attached hydrogens (tertiary/aromatic N) is 4. The van der Waals surface area contributed by atoms with Crippen LogP contribution in [0, 0.1) is 0 Å². The van der Waals surface area contributed by atoms with Gasteiger partial charge in [0.05, 0.1) is 65.0 Å². The number of hydrogen-bond donors (Lipinski definition) is 1. The highest BCUT2D eigenvalue weighted by Gasteiger charge is 2.16. The largest absolute Gasteiger partial charge is 0.480 e. The van der Waals surface area contributed by atoms with Gasteiger partial charge in [-0.3, -0.25) is 14.3 Å². The van der Waals surface area contributed by atoms with Crippen LogP contribution in [0.1, 0.15) is 17.4 Å². The van der Waals surface area contributed by atoms with Crippen molar-refractivity contribution in [3.63, 3.8) is 0 Å². The molecular formula is C26H34N4O9. The predicted octanol–water partition coefficient (Wildman–Crippen LogP) is 1.87. The van der Waals surface area contributed by atoms with Crippen LogP contribution in [0.4, 0.5) is 0 Å². The lowest BCUT2D eigenvalue weighted by molar-refractivity contribution is -0.137. The Morgan fingerprint density at radius 1 is 0.821 bits per heavy atom. The van der Waals surface area contributed by atoms with E-state index in [9.17, 15) is 9.59 Å². The van der Waals surface area contributed by atoms with Crippen LogP contribution in [0.25, 0.3) is 22.0 Å². The van der Waals surface area contributed by atoms with Gasteiger partial charge in [0.2, 0.25) is 0 Å². The standard InChI is InChI=1S/C26H34N4O9/c1-19(31)25-22-15-20(3-4-23(22)30(29-25)18-24(32)33)21-16-27-26(28-17-21)39-14-13-38-12-11-37-10-9-36-8-7-35-6-5-34-2/h3-4,15-17H,5-14,18H2,1-2H3,(H,32,33). The number of rotatable bonds is 20. The van der Waals surface area contributed by atoms with Gasteiger partial charge in [-0.05, 0) is 17.7 Å². The lowest BCUT2D eigenvalue weighted by Crippen LogP contribution is -2.14. The maximum absolute atomic E-state index is 12.0. The quantitative estimate of drug-likeness (QED) is 0.163. The number of benzene rings is 1. The summed E-state index contributed by atoms with van der Waals surface area (Å²) in [5.74, 6) is -1.29. The molecule has 0 atom stereocenters. The van der Waals surface area contributed by atoms with Crippen molar-refractivity contribution in [2.24, 2.45) is 0 Å². The van der Waals surface area contributed by atoms with E-state index in [4.69, 9.17) is 33.5 Å². The van der Waals surface area contributed by atoms with Gasteiger partial charge in [-0.2, -0.15) is 5.10 Å². The first kappa shape index (κ1) is 30.1. The molecule has 1 N–H and O–H groups in total. The first-order valence-corrected chi connectivity index (χ1v) is 12.5. The number of aliphatic carboxylic acids is 1. The lowest BCUT2D eigenvalue weighted by atomic mass is 10.0. The Balaban J connectivity index is 1.35. The number of carbonyl (C=O) groups is 2. The molecule has 0 bridgehead atoms. The smallest absolute Gasteiger partial charge is 0.325 e. The monoisotopic (exact) mass is 546 g/mol. The predicted molar refractivity (Wildman–Crippen MR) is 139 cm³/mol. The van der Waals surface area contributed by atoms with Gasteiger partial charge in [0.15, 0.2) is 5.78 Å². The highest BCUT2D eigenvalue weighted by molar-refractivity contribution is 6.06. The molecular weight excluding hydrogens is 512 g/mol. The number of carboxylic acids is 1. The van der Waals surface area contributed by atoms with Crippen molar-refractivity contribution >= 4 is 22.7 Å². The highest BCUT2D eigenvalue weighted by atomic mass is 16.6. The van der Waals surface area contributed by atoms with Crippen molar-refractivity contribution in [2.45, 2.75) is 13.5 Å². The fraction of sp³-hybridized carbons (Fsp3) is 0.500. The molecule has 0 aliphatic rings. The summed E-state index contributed by atoms with van der Waals surface area (Å²) in [5, 5.41) is 13.9. The second-order valence-electron chi connectivity index (χ2n) is 8.23. The molecule has 13 heteroatoms. The zero-order valence-corrected chi connectivity index (χ0v) is 22.2. The molecule has 0 saturated heterocycles. The zero-order chi connectivity index (χ0) is 27.9. The van der Waals surface area contributed by atoms with Crippen LogP contribution in [-0.4, -0.2) is 110 Å². The minimum atomic E-state index is -1.04. The highest BCUT2D eigenvalue weighted by Crippen LogP contribution is 2.27. The lowest BCUT2D eigenvalue weighted by Gasteiger charge is -2.08. The van der Waals surface area contributed by atoms with Crippen molar-refractivity contribution in [3.8, 4) is 17.1 Å². The average Bonchev–Trinajstić information content (AvgIpc) is 3.28. The number of carbonyl (C=O) groups excluding carboxylic acids is 1.